The van der Waals surface area contributed by atoms with Gasteiger partial charge < -0.3 is 13.9 Å². The summed E-state index contributed by atoms with van der Waals surface area (Å²) in [6.45, 7) is 3.57. The first-order valence-corrected chi connectivity index (χ1v) is 9.37. The summed E-state index contributed by atoms with van der Waals surface area (Å²) in [7, 11) is 0. The van der Waals surface area contributed by atoms with Gasteiger partial charge in [0.25, 0.3) is 0 Å². The molecule has 0 unspecified atom stereocenters. The predicted molar refractivity (Wildman–Crippen MR) is 110 cm³/mol. The molecule has 2 aromatic carbocycles. The fourth-order valence-corrected chi connectivity index (χ4v) is 3.56. The summed E-state index contributed by atoms with van der Waals surface area (Å²) in [5, 5.41) is 0. The lowest BCUT2D eigenvalue weighted by Crippen LogP contribution is -2.18. The third kappa shape index (κ3) is 3.69. The Kier molecular flexibility index (Phi) is 4.99. The van der Waals surface area contributed by atoms with Gasteiger partial charge in [0.1, 0.15) is 6.54 Å². The SMILES string of the molecule is Cc1cc(C(=O)COC(=O)Cn2cnc3ccccc32)c(C)n1-c1ccccc1. The Morgan fingerprint density at radius 3 is 2.52 bits per heavy atom. The van der Waals surface area contributed by atoms with Crippen LogP contribution in [0.25, 0.3) is 16.7 Å². The number of rotatable bonds is 6. The summed E-state index contributed by atoms with van der Waals surface area (Å²) in [5.74, 6) is -0.692. The van der Waals surface area contributed by atoms with E-state index in [1.165, 1.54) is 0 Å². The Morgan fingerprint density at radius 1 is 1.00 bits per heavy atom. The van der Waals surface area contributed by atoms with E-state index in [1.54, 1.807) is 10.9 Å². The van der Waals surface area contributed by atoms with E-state index >= 15 is 0 Å². The van der Waals surface area contributed by atoms with Crippen LogP contribution >= 0.6 is 0 Å². The molecule has 0 N–H and O–H groups in total. The molecule has 29 heavy (non-hydrogen) atoms. The molecule has 0 bridgehead atoms. The van der Waals surface area contributed by atoms with Crippen molar-refractivity contribution in [3.63, 3.8) is 0 Å². The Labute approximate surface area is 168 Å². The molecule has 146 valence electrons. The Bertz CT molecular complexity index is 1190. The molecule has 0 aliphatic heterocycles. The average Bonchev–Trinajstić information content (AvgIpc) is 3.27. The van der Waals surface area contributed by atoms with E-state index in [0.717, 1.165) is 28.1 Å². The molecule has 2 heterocycles. The summed E-state index contributed by atoms with van der Waals surface area (Å²) in [6, 6.07) is 19.2. The zero-order valence-electron chi connectivity index (χ0n) is 16.3. The molecule has 6 heteroatoms. The van der Waals surface area contributed by atoms with E-state index in [9.17, 15) is 9.59 Å². The second-order valence-electron chi connectivity index (χ2n) is 6.90. The number of nitrogens with zero attached hydrogens (tertiary/aromatic N) is 3. The number of aromatic nitrogens is 3. The molecule has 6 nitrogen and oxygen atoms in total. The lowest BCUT2D eigenvalue weighted by molar-refractivity contribution is -0.143. The van der Waals surface area contributed by atoms with E-state index in [-0.39, 0.29) is 18.9 Å². The zero-order chi connectivity index (χ0) is 20.4. The Hall–Kier alpha value is -3.67. The van der Waals surface area contributed by atoms with Crippen molar-refractivity contribution in [2.24, 2.45) is 0 Å². The molecule has 0 aliphatic carbocycles. The lowest BCUT2D eigenvalue weighted by Gasteiger charge is -2.10. The largest absolute Gasteiger partial charge is 0.456 e. The van der Waals surface area contributed by atoms with Gasteiger partial charge >= 0.3 is 5.97 Å². The first-order valence-electron chi connectivity index (χ1n) is 9.37. The molecule has 0 atom stereocenters. The van der Waals surface area contributed by atoms with Crippen molar-refractivity contribution in [3.05, 3.63) is 83.9 Å². The van der Waals surface area contributed by atoms with Crippen LogP contribution < -0.4 is 0 Å². The summed E-state index contributed by atoms with van der Waals surface area (Å²) in [5.41, 5.74) is 4.99. The molecule has 2 aromatic heterocycles. The number of esters is 1. The van der Waals surface area contributed by atoms with Crippen molar-refractivity contribution in [1.82, 2.24) is 14.1 Å². The standard InChI is InChI=1S/C23H21N3O3/c1-16-12-19(17(2)26(16)18-8-4-3-5-9-18)22(27)14-29-23(28)13-25-15-24-20-10-6-7-11-21(20)25/h3-12,15H,13-14H2,1-2H3. The number of para-hydroxylation sites is 3. The van der Waals surface area contributed by atoms with Gasteiger partial charge in [-0.05, 0) is 44.2 Å². The van der Waals surface area contributed by atoms with E-state index in [1.807, 2.05) is 79.1 Å². The number of fused-ring (bicyclic) bond motifs is 1. The van der Waals surface area contributed by atoms with Crippen LogP contribution in [0.15, 0.2) is 67.0 Å². The minimum Gasteiger partial charge on any atom is -0.456 e. The monoisotopic (exact) mass is 387 g/mol. The number of imidazole rings is 1. The second-order valence-corrected chi connectivity index (χ2v) is 6.90. The van der Waals surface area contributed by atoms with Crippen molar-refractivity contribution in [2.75, 3.05) is 6.61 Å². The number of ether oxygens (including phenoxy) is 1. The first-order chi connectivity index (χ1) is 14.0. The van der Waals surface area contributed by atoms with Gasteiger partial charge in [0.15, 0.2) is 6.61 Å². The average molecular weight is 387 g/mol. The van der Waals surface area contributed by atoms with Crippen LogP contribution in [0.5, 0.6) is 0 Å². The molecular formula is C23H21N3O3. The summed E-state index contributed by atoms with van der Waals surface area (Å²) in [6.07, 6.45) is 1.60. The molecule has 0 spiro atoms. The number of ketones is 1. The molecule has 4 aromatic rings. The summed E-state index contributed by atoms with van der Waals surface area (Å²) < 4.78 is 8.98. The maximum Gasteiger partial charge on any atom is 0.326 e. The summed E-state index contributed by atoms with van der Waals surface area (Å²) in [4.78, 5) is 29.2. The fourth-order valence-electron chi connectivity index (χ4n) is 3.56. The number of aryl methyl sites for hydroxylation is 1. The van der Waals surface area contributed by atoms with E-state index in [0.29, 0.717) is 5.56 Å². The van der Waals surface area contributed by atoms with Crippen molar-refractivity contribution in [3.8, 4) is 5.69 Å². The van der Waals surface area contributed by atoms with Crippen molar-refractivity contribution >= 4 is 22.8 Å². The van der Waals surface area contributed by atoms with Gasteiger partial charge in [-0.15, -0.1) is 0 Å². The second kappa shape index (κ2) is 7.75. The fraction of sp³-hybridized carbons (Fsp3) is 0.174. The van der Waals surface area contributed by atoms with E-state index in [2.05, 4.69) is 4.98 Å². The number of benzene rings is 2. The van der Waals surface area contributed by atoms with Gasteiger partial charge in [0.2, 0.25) is 5.78 Å². The van der Waals surface area contributed by atoms with Gasteiger partial charge in [-0.1, -0.05) is 30.3 Å². The Balaban J connectivity index is 1.44. The molecule has 0 saturated heterocycles. The number of carbonyl (C=O) groups excluding carboxylic acids is 2. The van der Waals surface area contributed by atoms with Crippen LogP contribution in [0.2, 0.25) is 0 Å². The van der Waals surface area contributed by atoms with Crippen molar-refractivity contribution in [1.29, 1.82) is 0 Å². The normalized spacial score (nSPS) is 11.0. The Morgan fingerprint density at radius 2 is 1.72 bits per heavy atom. The minimum absolute atomic E-state index is 0.0107. The van der Waals surface area contributed by atoms with Gasteiger partial charge in [-0.2, -0.15) is 0 Å². The summed E-state index contributed by atoms with van der Waals surface area (Å²) >= 11 is 0. The molecule has 0 fully saturated rings. The van der Waals surface area contributed by atoms with Crippen LogP contribution in [0, 0.1) is 13.8 Å². The smallest absolute Gasteiger partial charge is 0.326 e. The van der Waals surface area contributed by atoms with E-state index in [4.69, 9.17) is 4.74 Å². The van der Waals surface area contributed by atoms with Crippen LogP contribution in [0.1, 0.15) is 21.7 Å². The lowest BCUT2D eigenvalue weighted by atomic mass is 10.1. The van der Waals surface area contributed by atoms with Crippen LogP contribution in [0.3, 0.4) is 0 Å². The molecule has 0 radical (unpaired) electrons. The predicted octanol–water partition coefficient (Wildman–Crippen LogP) is 3.87. The van der Waals surface area contributed by atoms with Gasteiger partial charge in [0, 0.05) is 22.6 Å². The zero-order valence-corrected chi connectivity index (χ0v) is 16.3. The molecule has 0 aliphatic rings. The topological polar surface area (TPSA) is 66.1 Å². The van der Waals surface area contributed by atoms with Gasteiger partial charge in [-0.3, -0.25) is 9.59 Å². The molecule has 0 amide bonds. The third-order valence-electron chi connectivity index (χ3n) is 4.94. The van der Waals surface area contributed by atoms with Crippen LogP contribution in [0.4, 0.5) is 0 Å². The molecule has 0 saturated carbocycles. The highest BCUT2D eigenvalue weighted by Gasteiger charge is 2.18. The minimum atomic E-state index is -0.474. The number of hydrogen-bond donors (Lipinski definition) is 0. The quantitative estimate of drug-likeness (QED) is 0.372. The number of carbonyl (C=O) groups is 2. The highest BCUT2D eigenvalue weighted by Crippen LogP contribution is 2.21. The first kappa shape index (κ1) is 18.7. The maximum absolute atomic E-state index is 12.7. The van der Waals surface area contributed by atoms with Crippen molar-refractivity contribution < 1.29 is 14.3 Å². The number of hydrogen-bond acceptors (Lipinski definition) is 4. The van der Waals surface area contributed by atoms with Crippen LogP contribution in [-0.4, -0.2) is 32.5 Å². The van der Waals surface area contributed by atoms with E-state index < -0.39 is 5.97 Å². The molecule has 4 rings (SSSR count). The van der Waals surface area contributed by atoms with Gasteiger partial charge in [-0.25, -0.2) is 4.98 Å². The molecular weight excluding hydrogens is 366 g/mol. The van der Waals surface area contributed by atoms with Gasteiger partial charge in [0.05, 0.1) is 17.4 Å². The maximum atomic E-state index is 12.7. The highest BCUT2D eigenvalue weighted by molar-refractivity contribution is 5.99. The third-order valence-corrected chi connectivity index (χ3v) is 4.94. The number of Topliss-reactive ketones (excluding diaryl/α,β-unsaturated/α-hetero) is 1. The highest BCUT2D eigenvalue weighted by atomic mass is 16.5. The van der Waals surface area contributed by atoms with Crippen molar-refractivity contribution in [2.45, 2.75) is 20.4 Å². The van der Waals surface area contributed by atoms with Crippen LogP contribution in [-0.2, 0) is 16.1 Å².